The van der Waals surface area contributed by atoms with Crippen molar-refractivity contribution in [1.82, 2.24) is 15.3 Å². The molecule has 0 amide bonds. The Morgan fingerprint density at radius 3 is 2.60 bits per heavy atom. The van der Waals surface area contributed by atoms with E-state index in [0.717, 1.165) is 31.4 Å². The second kappa shape index (κ2) is 6.39. The number of aromatic nitrogens is 2. The van der Waals surface area contributed by atoms with Crippen molar-refractivity contribution in [2.24, 2.45) is 5.92 Å². The molecule has 1 saturated heterocycles. The number of hydrogen-bond acceptors (Lipinski definition) is 5. The molecule has 5 heteroatoms. The summed E-state index contributed by atoms with van der Waals surface area (Å²) in [4.78, 5) is 10.9. The fraction of sp³-hybridized carbons (Fsp3) is 0.733. The molecular weight excluding hydrogens is 252 g/mol. The number of rotatable bonds is 4. The molecule has 2 rings (SSSR count). The Kier molecular flexibility index (Phi) is 4.81. The number of piperidine rings is 1. The lowest BCUT2D eigenvalue weighted by Crippen LogP contribution is -2.43. The van der Waals surface area contributed by atoms with Crippen molar-refractivity contribution in [1.29, 1.82) is 0 Å². The molecule has 1 aromatic rings. The monoisotopic (exact) mass is 278 g/mol. The number of nitrogens with one attached hydrogen (secondary N) is 1. The van der Waals surface area contributed by atoms with E-state index in [0.29, 0.717) is 5.88 Å². The lowest BCUT2D eigenvalue weighted by Gasteiger charge is -2.34. The maximum absolute atomic E-state index is 5.13. The first-order valence-electron chi connectivity index (χ1n) is 7.34. The normalized spacial score (nSPS) is 17.3. The number of ether oxygens (including phenoxy) is 1. The molecule has 1 fully saturated rings. The molecule has 112 valence electrons. The minimum Gasteiger partial charge on any atom is -0.480 e. The smallest absolute Gasteiger partial charge is 0.233 e. The van der Waals surface area contributed by atoms with Crippen molar-refractivity contribution in [3.8, 4) is 5.88 Å². The summed E-state index contributed by atoms with van der Waals surface area (Å²) < 4.78 is 5.13. The quantitative estimate of drug-likeness (QED) is 0.914. The highest BCUT2D eigenvalue weighted by Crippen LogP contribution is 2.22. The van der Waals surface area contributed by atoms with Gasteiger partial charge in [-0.25, -0.2) is 0 Å². The second-order valence-electron chi connectivity index (χ2n) is 6.48. The van der Waals surface area contributed by atoms with Crippen molar-refractivity contribution in [3.05, 3.63) is 12.4 Å². The first-order valence-corrected chi connectivity index (χ1v) is 7.34. The number of methoxy groups -OCH3 is 1. The molecule has 0 aromatic carbocycles. The van der Waals surface area contributed by atoms with E-state index in [1.165, 1.54) is 12.8 Å². The molecule has 0 saturated carbocycles. The van der Waals surface area contributed by atoms with Crippen LogP contribution in [0, 0.1) is 5.92 Å². The lowest BCUT2D eigenvalue weighted by atomic mass is 9.95. The molecule has 2 heterocycles. The second-order valence-corrected chi connectivity index (χ2v) is 6.48. The molecule has 1 aliphatic heterocycles. The van der Waals surface area contributed by atoms with Crippen LogP contribution in [0.4, 0.5) is 5.82 Å². The van der Waals surface area contributed by atoms with E-state index in [1.807, 2.05) is 6.20 Å². The van der Waals surface area contributed by atoms with E-state index in [4.69, 9.17) is 4.74 Å². The SMILES string of the molecule is COc1cncc(N2CCC(CNC(C)(C)C)CC2)n1. The average molecular weight is 278 g/mol. The van der Waals surface area contributed by atoms with Gasteiger partial charge in [-0.1, -0.05) is 0 Å². The standard InChI is InChI=1S/C15H26N4O/c1-15(2,3)17-9-12-5-7-19(8-6-12)13-10-16-11-14(18-13)20-4/h10-12,17H,5-9H2,1-4H3. The van der Waals surface area contributed by atoms with Crippen molar-refractivity contribution in [2.75, 3.05) is 31.6 Å². The predicted molar refractivity (Wildman–Crippen MR) is 81.3 cm³/mol. The van der Waals surface area contributed by atoms with Crippen LogP contribution in [-0.2, 0) is 0 Å². The van der Waals surface area contributed by atoms with E-state index in [-0.39, 0.29) is 5.54 Å². The van der Waals surface area contributed by atoms with Crippen molar-refractivity contribution >= 4 is 5.82 Å². The molecule has 1 aliphatic rings. The van der Waals surface area contributed by atoms with Gasteiger partial charge in [0.25, 0.3) is 0 Å². The minimum absolute atomic E-state index is 0.204. The zero-order chi connectivity index (χ0) is 14.6. The van der Waals surface area contributed by atoms with Crippen molar-refractivity contribution in [3.63, 3.8) is 0 Å². The van der Waals surface area contributed by atoms with Crippen LogP contribution in [0.2, 0.25) is 0 Å². The maximum atomic E-state index is 5.13. The fourth-order valence-corrected chi connectivity index (χ4v) is 2.41. The van der Waals surface area contributed by atoms with E-state index in [1.54, 1.807) is 13.3 Å². The Hall–Kier alpha value is -1.36. The zero-order valence-electron chi connectivity index (χ0n) is 13.0. The van der Waals surface area contributed by atoms with Gasteiger partial charge in [0.2, 0.25) is 5.88 Å². The predicted octanol–water partition coefficient (Wildman–Crippen LogP) is 2.09. The summed E-state index contributed by atoms with van der Waals surface area (Å²) in [5.74, 6) is 2.26. The Morgan fingerprint density at radius 1 is 1.30 bits per heavy atom. The third kappa shape index (κ3) is 4.34. The first-order chi connectivity index (χ1) is 9.48. The topological polar surface area (TPSA) is 50.3 Å². The summed E-state index contributed by atoms with van der Waals surface area (Å²) in [5, 5.41) is 3.60. The minimum atomic E-state index is 0.204. The summed E-state index contributed by atoms with van der Waals surface area (Å²) in [6, 6.07) is 0. The van der Waals surface area contributed by atoms with E-state index >= 15 is 0 Å². The van der Waals surface area contributed by atoms with Crippen molar-refractivity contribution in [2.45, 2.75) is 39.2 Å². The summed E-state index contributed by atoms with van der Waals surface area (Å²) >= 11 is 0. The third-order valence-corrected chi connectivity index (χ3v) is 3.67. The van der Waals surface area contributed by atoms with Crippen LogP contribution in [0.25, 0.3) is 0 Å². The largest absolute Gasteiger partial charge is 0.480 e. The van der Waals surface area contributed by atoms with Gasteiger partial charge in [0.15, 0.2) is 5.82 Å². The molecule has 0 unspecified atom stereocenters. The molecule has 1 aromatic heterocycles. The molecule has 0 bridgehead atoms. The zero-order valence-corrected chi connectivity index (χ0v) is 13.0. The summed E-state index contributed by atoms with van der Waals surface area (Å²) in [5.41, 5.74) is 0.204. The van der Waals surface area contributed by atoms with Gasteiger partial charge in [0.05, 0.1) is 19.5 Å². The van der Waals surface area contributed by atoms with Gasteiger partial charge in [-0.3, -0.25) is 4.98 Å². The van der Waals surface area contributed by atoms with E-state index < -0.39 is 0 Å². The van der Waals surface area contributed by atoms with Crippen molar-refractivity contribution < 1.29 is 4.74 Å². The van der Waals surface area contributed by atoms with Gasteiger partial charge in [-0.15, -0.1) is 0 Å². The lowest BCUT2D eigenvalue weighted by molar-refractivity contribution is 0.327. The fourth-order valence-electron chi connectivity index (χ4n) is 2.41. The van der Waals surface area contributed by atoms with Crippen LogP contribution < -0.4 is 15.0 Å². The van der Waals surface area contributed by atoms with Gasteiger partial charge >= 0.3 is 0 Å². The number of anilines is 1. The molecule has 5 nitrogen and oxygen atoms in total. The number of hydrogen-bond donors (Lipinski definition) is 1. The van der Waals surface area contributed by atoms with Gasteiger partial charge in [-0.05, 0) is 46.1 Å². The first kappa shape index (κ1) is 15.0. The summed E-state index contributed by atoms with van der Waals surface area (Å²) in [6.07, 6.45) is 5.85. The Balaban J connectivity index is 1.84. The molecule has 20 heavy (non-hydrogen) atoms. The van der Waals surface area contributed by atoms with Gasteiger partial charge < -0.3 is 15.0 Å². The Bertz CT molecular complexity index is 422. The summed E-state index contributed by atoms with van der Waals surface area (Å²) in [7, 11) is 1.62. The Morgan fingerprint density at radius 2 is 2.00 bits per heavy atom. The Labute approximate surface area is 121 Å². The van der Waals surface area contributed by atoms with Crippen LogP contribution in [0.1, 0.15) is 33.6 Å². The van der Waals surface area contributed by atoms with E-state index in [9.17, 15) is 0 Å². The highest BCUT2D eigenvalue weighted by Gasteiger charge is 2.22. The highest BCUT2D eigenvalue weighted by molar-refractivity contribution is 5.37. The highest BCUT2D eigenvalue weighted by atomic mass is 16.5. The summed E-state index contributed by atoms with van der Waals surface area (Å²) in [6.45, 7) is 9.83. The van der Waals surface area contributed by atoms with Gasteiger partial charge in [0.1, 0.15) is 0 Å². The van der Waals surface area contributed by atoms with Crippen LogP contribution >= 0.6 is 0 Å². The molecule has 0 aliphatic carbocycles. The van der Waals surface area contributed by atoms with Crippen LogP contribution in [0.3, 0.4) is 0 Å². The van der Waals surface area contributed by atoms with Crippen LogP contribution in [0.15, 0.2) is 12.4 Å². The third-order valence-electron chi connectivity index (χ3n) is 3.67. The van der Waals surface area contributed by atoms with Gasteiger partial charge in [0, 0.05) is 18.6 Å². The molecule has 0 radical (unpaired) electrons. The van der Waals surface area contributed by atoms with Gasteiger partial charge in [-0.2, -0.15) is 4.98 Å². The van der Waals surface area contributed by atoms with Crippen LogP contribution in [0.5, 0.6) is 5.88 Å². The maximum Gasteiger partial charge on any atom is 0.233 e. The molecule has 1 N–H and O–H groups in total. The molecular formula is C15H26N4O. The van der Waals surface area contributed by atoms with E-state index in [2.05, 4.69) is 41.0 Å². The molecule has 0 atom stereocenters. The van der Waals surface area contributed by atoms with Crippen LogP contribution in [-0.4, -0.2) is 42.3 Å². The molecule has 0 spiro atoms. The average Bonchev–Trinajstić information content (AvgIpc) is 2.45. The number of nitrogens with zero attached hydrogens (tertiary/aromatic N) is 3.